The molecule has 0 aromatic heterocycles. The molecule has 3 nitrogen and oxygen atoms in total. The molecule has 0 saturated heterocycles. The maximum Gasteiger partial charge on any atom is 0.220 e. The van der Waals surface area contributed by atoms with E-state index in [-0.39, 0.29) is 18.6 Å². The van der Waals surface area contributed by atoms with Gasteiger partial charge in [0.25, 0.3) is 0 Å². The molecule has 0 aliphatic carbocycles. The Morgan fingerprint density at radius 1 is 1.38 bits per heavy atom. The van der Waals surface area contributed by atoms with E-state index in [1.54, 1.807) is 6.92 Å². The molecule has 0 bridgehead atoms. The topological polar surface area (TPSA) is 49.3 Å². The highest BCUT2D eigenvalue weighted by Gasteiger charge is 2.05. The van der Waals surface area contributed by atoms with Crippen molar-refractivity contribution in [2.24, 2.45) is 0 Å². The summed E-state index contributed by atoms with van der Waals surface area (Å²) in [6, 6.07) is 8.01. The van der Waals surface area contributed by atoms with Crippen molar-refractivity contribution in [2.75, 3.05) is 6.61 Å². The second-order valence-corrected chi connectivity index (χ2v) is 4.14. The van der Waals surface area contributed by atoms with Crippen molar-refractivity contribution in [3.05, 3.63) is 35.4 Å². The van der Waals surface area contributed by atoms with E-state index in [4.69, 9.17) is 5.11 Å². The Bertz CT molecular complexity index is 332. The molecule has 1 aromatic carbocycles. The summed E-state index contributed by atoms with van der Waals surface area (Å²) in [5.41, 5.74) is 2.39. The van der Waals surface area contributed by atoms with Crippen molar-refractivity contribution in [1.82, 2.24) is 5.32 Å². The fourth-order valence-corrected chi connectivity index (χ4v) is 1.41. The number of rotatable bonds is 5. The Labute approximate surface area is 96.5 Å². The Kier molecular flexibility index (Phi) is 4.99. The molecule has 1 amide bonds. The summed E-state index contributed by atoms with van der Waals surface area (Å²) >= 11 is 0. The monoisotopic (exact) mass is 221 g/mol. The molecule has 2 N–H and O–H groups in total. The molecule has 0 saturated carbocycles. The maximum absolute atomic E-state index is 11.4. The minimum atomic E-state index is -0.162. The number of hydrogen-bond donors (Lipinski definition) is 2. The quantitative estimate of drug-likeness (QED) is 0.790. The van der Waals surface area contributed by atoms with E-state index < -0.39 is 0 Å². The van der Waals surface area contributed by atoms with E-state index >= 15 is 0 Å². The van der Waals surface area contributed by atoms with Crippen LogP contribution in [0.15, 0.2) is 24.3 Å². The van der Waals surface area contributed by atoms with E-state index in [9.17, 15) is 4.79 Å². The number of carbonyl (C=O) groups excluding carboxylic acids is 1. The van der Waals surface area contributed by atoms with Gasteiger partial charge in [0.15, 0.2) is 0 Å². The van der Waals surface area contributed by atoms with Crippen molar-refractivity contribution >= 4 is 5.91 Å². The normalized spacial score (nSPS) is 12.2. The fourth-order valence-electron chi connectivity index (χ4n) is 1.41. The summed E-state index contributed by atoms with van der Waals surface area (Å²) in [6.07, 6.45) is 1.21. The van der Waals surface area contributed by atoms with Gasteiger partial charge in [-0.3, -0.25) is 4.79 Å². The zero-order chi connectivity index (χ0) is 12.0. The first kappa shape index (κ1) is 12.7. The number of aliphatic hydroxyl groups is 1. The Hall–Kier alpha value is -1.35. The van der Waals surface area contributed by atoms with Crippen LogP contribution in [0.2, 0.25) is 0 Å². The van der Waals surface area contributed by atoms with Crippen LogP contribution in [-0.4, -0.2) is 23.7 Å². The van der Waals surface area contributed by atoms with E-state index in [0.717, 1.165) is 12.0 Å². The lowest BCUT2D eigenvalue weighted by Gasteiger charge is -2.10. The number of nitrogens with one attached hydrogen (secondary N) is 1. The molecule has 16 heavy (non-hydrogen) atoms. The van der Waals surface area contributed by atoms with Crippen molar-refractivity contribution < 1.29 is 9.90 Å². The highest BCUT2D eigenvalue weighted by Crippen LogP contribution is 2.05. The number of benzene rings is 1. The van der Waals surface area contributed by atoms with Crippen LogP contribution in [0.1, 0.15) is 24.5 Å². The number of carbonyl (C=O) groups is 1. The van der Waals surface area contributed by atoms with Crippen LogP contribution in [0.3, 0.4) is 0 Å². The Balaban J connectivity index is 2.34. The second kappa shape index (κ2) is 6.28. The molecule has 1 atom stereocenters. The van der Waals surface area contributed by atoms with Gasteiger partial charge in [0.1, 0.15) is 0 Å². The third-order valence-corrected chi connectivity index (χ3v) is 2.44. The highest BCUT2D eigenvalue weighted by atomic mass is 16.3. The van der Waals surface area contributed by atoms with Gasteiger partial charge in [0.2, 0.25) is 5.91 Å². The van der Waals surface area contributed by atoms with Gasteiger partial charge in [-0.15, -0.1) is 0 Å². The fraction of sp³-hybridized carbons (Fsp3) is 0.462. The van der Waals surface area contributed by atoms with Crippen molar-refractivity contribution in [3.63, 3.8) is 0 Å². The van der Waals surface area contributed by atoms with E-state index in [1.807, 2.05) is 31.2 Å². The lowest BCUT2D eigenvalue weighted by Crippen LogP contribution is -2.35. The minimum absolute atomic E-state index is 0.0119. The SMILES string of the molecule is Cc1ccc(CCC(=O)N[C@@H](C)CO)cc1. The number of hydrogen-bond acceptors (Lipinski definition) is 2. The first-order valence-electron chi connectivity index (χ1n) is 5.57. The van der Waals surface area contributed by atoms with Gasteiger partial charge in [0, 0.05) is 12.5 Å². The van der Waals surface area contributed by atoms with Gasteiger partial charge in [-0.25, -0.2) is 0 Å². The van der Waals surface area contributed by atoms with Gasteiger partial charge in [0.05, 0.1) is 6.61 Å². The summed E-state index contributed by atoms with van der Waals surface area (Å²) < 4.78 is 0. The molecule has 3 heteroatoms. The van der Waals surface area contributed by atoms with Gasteiger partial charge < -0.3 is 10.4 Å². The number of aliphatic hydroxyl groups excluding tert-OH is 1. The van der Waals surface area contributed by atoms with Crippen molar-refractivity contribution in [1.29, 1.82) is 0 Å². The molecule has 0 aliphatic rings. The number of amides is 1. The summed E-state index contributed by atoms with van der Waals surface area (Å²) in [7, 11) is 0. The summed E-state index contributed by atoms with van der Waals surface area (Å²) in [5.74, 6) is -0.0119. The Morgan fingerprint density at radius 3 is 2.56 bits per heavy atom. The second-order valence-electron chi connectivity index (χ2n) is 4.14. The lowest BCUT2D eigenvalue weighted by atomic mass is 10.1. The van der Waals surface area contributed by atoms with Crippen LogP contribution >= 0.6 is 0 Å². The van der Waals surface area contributed by atoms with Crippen LogP contribution in [0.4, 0.5) is 0 Å². The average molecular weight is 221 g/mol. The predicted molar refractivity (Wildman–Crippen MR) is 64.2 cm³/mol. The van der Waals surface area contributed by atoms with Gasteiger partial charge in [-0.1, -0.05) is 29.8 Å². The van der Waals surface area contributed by atoms with Crippen LogP contribution in [0.5, 0.6) is 0 Å². The van der Waals surface area contributed by atoms with E-state index in [1.165, 1.54) is 5.56 Å². The lowest BCUT2D eigenvalue weighted by molar-refractivity contribution is -0.121. The molecule has 0 aliphatic heterocycles. The first-order chi connectivity index (χ1) is 7.61. The molecule has 1 rings (SSSR count). The maximum atomic E-state index is 11.4. The van der Waals surface area contributed by atoms with E-state index in [2.05, 4.69) is 5.32 Å². The molecule has 0 spiro atoms. The van der Waals surface area contributed by atoms with Crippen LogP contribution < -0.4 is 5.32 Å². The zero-order valence-corrected chi connectivity index (χ0v) is 9.86. The molecule has 88 valence electrons. The standard InChI is InChI=1S/C13H19NO2/c1-10-3-5-12(6-4-10)7-8-13(16)14-11(2)9-15/h3-6,11,15H,7-9H2,1-2H3,(H,14,16)/t11-/m0/s1. The molecular formula is C13H19NO2. The number of aryl methyl sites for hydroxylation is 2. The molecular weight excluding hydrogens is 202 g/mol. The minimum Gasteiger partial charge on any atom is -0.394 e. The Morgan fingerprint density at radius 2 is 2.00 bits per heavy atom. The largest absolute Gasteiger partial charge is 0.394 e. The van der Waals surface area contributed by atoms with Crippen LogP contribution in [0, 0.1) is 6.92 Å². The zero-order valence-electron chi connectivity index (χ0n) is 9.86. The average Bonchev–Trinajstić information content (AvgIpc) is 2.28. The molecule has 0 unspecified atom stereocenters. The van der Waals surface area contributed by atoms with Crippen molar-refractivity contribution in [3.8, 4) is 0 Å². The molecule has 0 heterocycles. The van der Waals surface area contributed by atoms with Crippen molar-refractivity contribution in [2.45, 2.75) is 32.7 Å². The highest BCUT2D eigenvalue weighted by molar-refractivity contribution is 5.76. The summed E-state index contributed by atoms with van der Waals surface area (Å²) in [5, 5.41) is 11.5. The van der Waals surface area contributed by atoms with E-state index in [0.29, 0.717) is 6.42 Å². The van der Waals surface area contributed by atoms with Gasteiger partial charge in [-0.05, 0) is 25.8 Å². The van der Waals surface area contributed by atoms with Crippen LogP contribution in [0.25, 0.3) is 0 Å². The van der Waals surface area contributed by atoms with Gasteiger partial charge >= 0.3 is 0 Å². The molecule has 0 radical (unpaired) electrons. The summed E-state index contributed by atoms with van der Waals surface area (Å²) in [6.45, 7) is 3.81. The molecule has 1 aromatic rings. The molecule has 0 fully saturated rings. The first-order valence-corrected chi connectivity index (χ1v) is 5.57. The predicted octanol–water partition coefficient (Wildman–Crippen LogP) is 1.42. The third-order valence-electron chi connectivity index (χ3n) is 2.44. The summed E-state index contributed by atoms with van der Waals surface area (Å²) in [4.78, 5) is 11.4. The third kappa shape index (κ3) is 4.45. The smallest absolute Gasteiger partial charge is 0.220 e. The van der Waals surface area contributed by atoms with Gasteiger partial charge in [-0.2, -0.15) is 0 Å². The van der Waals surface area contributed by atoms with Crippen LogP contribution in [-0.2, 0) is 11.2 Å².